The molecule has 1 amide bonds. The molecule has 0 spiro atoms. The summed E-state index contributed by atoms with van der Waals surface area (Å²) in [5.41, 5.74) is 2.27. The van der Waals surface area contributed by atoms with Crippen molar-refractivity contribution in [2.24, 2.45) is 5.92 Å². The van der Waals surface area contributed by atoms with Gasteiger partial charge >= 0.3 is 0 Å². The Bertz CT molecular complexity index is 753. The van der Waals surface area contributed by atoms with Gasteiger partial charge in [0.25, 0.3) is 0 Å². The van der Waals surface area contributed by atoms with Crippen LogP contribution in [0.3, 0.4) is 0 Å². The first-order chi connectivity index (χ1) is 12.8. The molecule has 0 unspecified atom stereocenters. The van der Waals surface area contributed by atoms with Gasteiger partial charge in [-0.15, -0.1) is 10.2 Å². The van der Waals surface area contributed by atoms with E-state index in [0.717, 1.165) is 5.56 Å². The normalized spacial score (nSPS) is 15.7. The quantitative estimate of drug-likeness (QED) is 0.747. The van der Waals surface area contributed by atoms with Crippen LogP contribution < -0.4 is 0 Å². The Balaban J connectivity index is 1.59. The Hall–Kier alpha value is -2.17. The van der Waals surface area contributed by atoms with Crippen LogP contribution >= 0.6 is 0 Å². The molecule has 0 saturated heterocycles. The predicted molar refractivity (Wildman–Crippen MR) is 106 cm³/mol. The number of nitrogens with zero attached hydrogens (tertiary/aromatic N) is 3. The SMILES string of the molecule is CN(Cc1nnc(-c2ccc(C(C)(C)C)cc2)o1)C(=O)CC1CCCCC1. The first kappa shape index (κ1) is 19.6. The van der Waals surface area contributed by atoms with Crippen LogP contribution in [0.25, 0.3) is 11.5 Å². The van der Waals surface area contributed by atoms with Gasteiger partial charge in [0.2, 0.25) is 17.7 Å². The van der Waals surface area contributed by atoms with Gasteiger partial charge in [0.1, 0.15) is 0 Å². The number of amides is 1. The molecule has 1 aromatic heterocycles. The molecule has 1 fully saturated rings. The third-order valence-electron chi connectivity index (χ3n) is 5.45. The smallest absolute Gasteiger partial charge is 0.247 e. The lowest BCUT2D eigenvalue weighted by Gasteiger charge is -2.23. The third kappa shape index (κ3) is 5.18. The summed E-state index contributed by atoms with van der Waals surface area (Å²) in [5.74, 6) is 1.67. The van der Waals surface area contributed by atoms with Crippen molar-refractivity contribution in [3.8, 4) is 11.5 Å². The van der Waals surface area contributed by atoms with Crippen LogP contribution in [0.5, 0.6) is 0 Å². The van der Waals surface area contributed by atoms with Gasteiger partial charge in [-0.2, -0.15) is 0 Å². The van der Waals surface area contributed by atoms with Gasteiger partial charge < -0.3 is 9.32 Å². The average Bonchev–Trinajstić information content (AvgIpc) is 3.10. The maximum Gasteiger partial charge on any atom is 0.247 e. The summed E-state index contributed by atoms with van der Waals surface area (Å²) in [7, 11) is 1.81. The van der Waals surface area contributed by atoms with E-state index in [4.69, 9.17) is 4.42 Å². The standard InChI is InChI=1S/C22H31N3O2/c1-22(2,3)18-12-10-17(11-13-18)21-24-23-19(27-21)15-25(4)20(26)14-16-8-6-5-7-9-16/h10-13,16H,5-9,14-15H2,1-4H3. The van der Waals surface area contributed by atoms with Crippen LogP contribution in [-0.4, -0.2) is 28.1 Å². The van der Waals surface area contributed by atoms with E-state index in [9.17, 15) is 4.79 Å². The van der Waals surface area contributed by atoms with E-state index in [1.54, 1.807) is 4.90 Å². The highest BCUT2D eigenvalue weighted by Crippen LogP contribution is 2.27. The molecule has 1 aromatic carbocycles. The molecule has 0 N–H and O–H groups in total. The summed E-state index contributed by atoms with van der Waals surface area (Å²) in [6, 6.07) is 8.21. The highest BCUT2D eigenvalue weighted by Gasteiger charge is 2.21. The molecule has 0 aliphatic heterocycles. The molecule has 146 valence electrons. The van der Waals surface area contributed by atoms with Crippen molar-refractivity contribution in [3.05, 3.63) is 35.7 Å². The number of hydrogen-bond acceptors (Lipinski definition) is 4. The van der Waals surface area contributed by atoms with Crippen molar-refractivity contribution in [3.63, 3.8) is 0 Å². The topological polar surface area (TPSA) is 59.2 Å². The number of carbonyl (C=O) groups excluding carboxylic acids is 1. The van der Waals surface area contributed by atoms with Crippen LogP contribution in [0.1, 0.15) is 70.8 Å². The van der Waals surface area contributed by atoms with E-state index in [1.807, 2.05) is 19.2 Å². The van der Waals surface area contributed by atoms with Gasteiger partial charge in [-0.1, -0.05) is 52.2 Å². The van der Waals surface area contributed by atoms with Crippen LogP contribution in [-0.2, 0) is 16.8 Å². The number of hydrogen-bond donors (Lipinski definition) is 0. The van der Waals surface area contributed by atoms with E-state index in [0.29, 0.717) is 30.7 Å². The molecular weight excluding hydrogens is 338 g/mol. The molecule has 0 bridgehead atoms. The molecule has 1 aliphatic carbocycles. The second kappa shape index (κ2) is 8.24. The molecule has 1 saturated carbocycles. The van der Waals surface area contributed by atoms with Crippen molar-refractivity contribution in [2.75, 3.05) is 7.05 Å². The monoisotopic (exact) mass is 369 g/mol. The van der Waals surface area contributed by atoms with Gasteiger partial charge in [0.05, 0.1) is 6.54 Å². The van der Waals surface area contributed by atoms with Gasteiger partial charge in [-0.3, -0.25) is 4.79 Å². The van der Waals surface area contributed by atoms with Crippen molar-refractivity contribution in [1.82, 2.24) is 15.1 Å². The maximum absolute atomic E-state index is 12.5. The molecular formula is C22H31N3O2. The number of benzene rings is 1. The molecule has 1 aliphatic rings. The summed E-state index contributed by atoms with van der Waals surface area (Å²) in [5, 5.41) is 8.27. The molecule has 1 heterocycles. The predicted octanol–water partition coefficient (Wildman–Crippen LogP) is 4.96. The minimum absolute atomic E-state index is 0.111. The highest BCUT2D eigenvalue weighted by atomic mass is 16.4. The lowest BCUT2D eigenvalue weighted by molar-refractivity contribution is -0.131. The Labute approximate surface area is 162 Å². The van der Waals surface area contributed by atoms with Gasteiger partial charge in [-0.05, 0) is 41.9 Å². The summed E-state index contributed by atoms with van der Waals surface area (Å²) < 4.78 is 5.79. The first-order valence-electron chi connectivity index (χ1n) is 10.00. The largest absolute Gasteiger partial charge is 0.419 e. The molecule has 5 heteroatoms. The molecule has 5 nitrogen and oxygen atoms in total. The second-order valence-corrected chi connectivity index (χ2v) is 8.79. The van der Waals surface area contributed by atoms with E-state index in [-0.39, 0.29) is 11.3 Å². The fourth-order valence-electron chi connectivity index (χ4n) is 3.63. The number of aromatic nitrogens is 2. The van der Waals surface area contributed by atoms with Crippen molar-refractivity contribution in [2.45, 2.75) is 71.3 Å². The minimum atomic E-state index is 0.111. The zero-order valence-corrected chi connectivity index (χ0v) is 17.0. The van der Waals surface area contributed by atoms with Gasteiger partial charge in [0.15, 0.2) is 0 Å². The number of carbonyl (C=O) groups is 1. The Morgan fingerprint density at radius 2 is 1.78 bits per heavy atom. The van der Waals surface area contributed by atoms with Crippen molar-refractivity contribution in [1.29, 1.82) is 0 Å². The fourth-order valence-corrected chi connectivity index (χ4v) is 3.63. The summed E-state index contributed by atoms with van der Waals surface area (Å²) >= 11 is 0. The zero-order chi connectivity index (χ0) is 19.4. The van der Waals surface area contributed by atoms with Crippen molar-refractivity contribution >= 4 is 5.91 Å². The highest BCUT2D eigenvalue weighted by molar-refractivity contribution is 5.76. The minimum Gasteiger partial charge on any atom is -0.419 e. The Morgan fingerprint density at radius 3 is 2.41 bits per heavy atom. The average molecular weight is 370 g/mol. The van der Waals surface area contributed by atoms with Crippen LogP contribution in [0.2, 0.25) is 0 Å². The molecule has 27 heavy (non-hydrogen) atoms. The first-order valence-corrected chi connectivity index (χ1v) is 10.00. The van der Waals surface area contributed by atoms with Crippen LogP contribution in [0.4, 0.5) is 0 Å². The molecule has 3 rings (SSSR count). The van der Waals surface area contributed by atoms with E-state index in [2.05, 4.69) is 43.1 Å². The van der Waals surface area contributed by atoms with E-state index >= 15 is 0 Å². The molecule has 0 radical (unpaired) electrons. The van der Waals surface area contributed by atoms with Gasteiger partial charge in [-0.25, -0.2) is 0 Å². The summed E-state index contributed by atoms with van der Waals surface area (Å²) in [6.45, 7) is 6.92. The fraction of sp³-hybridized carbons (Fsp3) is 0.591. The Morgan fingerprint density at radius 1 is 1.11 bits per heavy atom. The van der Waals surface area contributed by atoms with E-state index in [1.165, 1.54) is 37.7 Å². The van der Waals surface area contributed by atoms with Gasteiger partial charge in [0, 0.05) is 19.0 Å². The lowest BCUT2D eigenvalue weighted by Crippen LogP contribution is -2.28. The summed E-state index contributed by atoms with van der Waals surface area (Å²) in [4.78, 5) is 14.2. The Kier molecular flexibility index (Phi) is 5.98. The number of rotatable bonds is 5. The van der Waals surface area contributed by atoms with E-state index < -0.39 is 0 Å². The second-order valence-electron chi connectivity index (χ2n) is 8.79. The zero-order valence-electron chi connectivity index (χ0n) is 17.0. The summed E-state index contributed by atoms with van der Waals surface area (Å²) in [6.07, 6.45) is 6.79. The maximum atomic E-state index is 12.5. The van der Waals surface area contributed by atoms with Crippen LogP contribution in [0, 0.1) is 5.92 Å². The van der Waals surface area contributed by atoms with Crippen molar-refractivity contribution < 1.29 is 9.21 Å². The third-order valence-corrected chi connectivity index (χ3v) is 5.45. The van der Waals surface area contributed by atoms with Crippen LogP contribution in [0.15, 0.2) is 28.7 Å². The molecule has 0 atom stereocenters. The molecule has 2 aromatic rings. The lowest BCUT2D eigenvalue weighted by atomic mass is 9.87.